The number of para-hydroxylation sites is 2. The van der Waals surface area contributed by atoms with Crippen LogP contribution in [-0.4, -0.2) is 18.2 Å². The number of aromatic nitrogens is 1. The number of hydrogen-bond acceptors (Lipinski definition) is 5. The molecule has 0 atom stereocenters. The summed E-state index contributed by atoms with van der Waals surface area (Å²) in [7, 11) is 0. The van der Waals surface area contributed by atoms with Crippen LogP contribution in [0.4, 0.5) is 0 Å². The van der Waals surface area contributed by atoms with Crippen molar-refractivity contribution in [2.75, 3.05) is 13.2 Å². The number of benzene rings is 1. The topological polar surface area (TPSA) is 57.4 Å². The van der Waals surface area contributed by atoms with Gasteiger partial charge in [0.05, 0.1) is 29.5 Å². The number of rotatable bonds is 7. The van der Waals surface area contributed by atoms with E-state index in [4.69, 9.17) is 15.2 Å². The van der Waals surface area contributed by atoms with Crippen molar-refractivity contribution in [1.82, 2.24) is 4.98 Å². The molecule has 5 heteroatoms. The van der Waals surface area contributed by atoms with Crippen LogP contribution in [-0.2, 0) is 12.0 Å². The van der Waals surface area contributed by atoms with Gasteiger partial charge >= 0.3 is 0 Å². The van der Waals surface area contributed by atoms with E-state index >= 15 is 0 Å². The second-order valence-corrected chi connectivity index (χ2v) is 6.27. The van der Waals surface area contributed by atoms with Crippen molar-refractivity contribution in [3.05, 3.63) is 40.3 Å². The minimum absolute atomic E-state index is 0.392. The molecule has 0 saturated carbocycles. The minimum Gasteiger partial charge on any atom is -0.490 e. The maximum Gasteiger partial charge on any atom is 0.161 e. The van der Waals surface area contributed by atoms with Gasteiger partial charge in [-0.15, -0.1) is 11.3 Å². The smallest absolute Gasteiger partial charge is 0.161 e. The lowest BCUT2D eigenvalue weighted by Crippen LogP contribution is -2.29. The number of hydrogen-bond donors (Lipinski definition) is 1. The summed E-state index contributed by atoms with van der Waals surface area (Å²) in [5.74, 6) is 1.55. The Labute approximate surface area is 129 Å². The molecule has 114 valence electrons. The van der Waals surface area contributed by atoms with E-state index in [0.29, 0.717) is 13.2 Å². The summed E-state index contributed by atoms with van der Waals surface area (Å²) < 4.78 is 11.3. The Morgan fingerprint density at radius 1 is 1.19 bits per heavy atom. The number of ether oxygens (including phenoxy) is 2. The SMILES string of the molecule is CCOc1ccccc1OCCc1nc(C(C)(C)N)cs1. The van der Waals surface area contributed by atoms with E-state index in [2.05, 4.69) is 4.98 Å². The Morgan fingerprint density at radius 3 is 2.43 bits per heavy atom. The Hall–Kier alpha value is -1.59. The van der Waals surface area contributed by atoms with E-state index in [-0.39, 0.29) is 0 Å². The molecule has 0 spiro atoms. The maximum absolute atomic E-state index is 6.04. The molecule has 0 amide bonds. The van der Waals surface area contributed by atoms with Crippen LogP contribution in [0.15, 0.2) is 29.6 Å². The Morgan fingerprint density at radius 2 is 1.86 bits per heavy atom. The van der Waals surface area contributed by atoms with Gasteiger partial charge in [-0.1, -0.05) is 12.1 Å². The molecule has 0 aliphatic rings. The van der Waals surface area contributed by atoms with Crippen molar-refractivity contribution in [1.29, 1.82) is 0 Å². The molecule has 0 radical (unpaired) electrons. The zero-order chi connectivity index (χ0) is 15.3. The van der Waals surface area contributed by atoms with Crippen LogP contribution in [0.1, 0.15) is 31.5 Å². The van der Waals surface area contributed by atoms with E-state index in [0.717, 1.165) is 28.6 Å². The quantitative estimate of drug-likeness (QED) is 0.852. The molecule has 0 fully saturated rings. The summed E-state index contributed by atoms with van der Waals surface area (Å²) in [6.07, 6.45) is 0.765. The van der Waals surface area contributed by atoms with Gasteiger partial charge < -0.3 is 15.2 Å². The largest absolute Gasteiger partial charge is 0.490 e. The van der Waals surface area contributed by atoms with Gasteiger partial charge in [0.25, 0.3) is 0 Å². The van der Waals surface area contributed by atoms with Crippen molar-refractivity contribution in [2.45, 2.75) is 32.7 Å². The molecule has 1 aromatic carbocycles. The van der Waals surface area contributed by atoms with Crippen LogP contribution in [0.25, 0.3) is 0 Å². The second-order valence-electron chi connectivity index (χ2n) is 5.33. The third-order valence-corrected chi connectivity index (χ3v) is 3.84. The normalized spacial score (nSPS) is 11.4. The highest BCUT2D eigenvalue weighted by molar-refractivity contribution is 7.09. The molecular weight excluding hydrogens is 284 g/mol. The maximum atomic E-state index is 6.04. The number of nitrogens with two attached hydrogens (primary N) is 1. The van der Waals surface area contributed by atoms with E-state index in [1.807, 2.05) is 50.4 Å². The average Bonchev–Trinajstić information content (AvgIpc) is 2.90. The van der Waals surface area contributed by atoms with Crippen LogP contribution >= 0.6 is 11.3 Å². The molecule has 2 rings (SSSR count). The van der Waals surface area contributed by atoms with Gasteiger partial charge in [-0.05, 0) is 32.9 Å². The van der Waals surface area contributed by atoms with Crippen LogP contribution < -0.4 is 15.2 Å². The lowest BCUT2D eigenvalue weighted by Gasteiger charge is -2.14. The lowest BCUT2D eigenvalue weighted by molar-refractivity contribution is 0.279. The molecule has 0 aliphatic heterocycles. The Kier molecular flexibility index (Phi) is 5.20. The molecule has 4 nitrogen and oxygen atoms in total. The third kappa shape index (κ3) is 4.44. The predicted octanol–water partition coefficient (Wildman–Crippen LogP) is 3.36. The molecule has 0 unspecified atom stereocenters. The van der Waals surface area contributed by atoms with Crippen LogP contribution in [0, 0.1) is 0 Å². The molecule has 2 aromatic rings. The van der Waals surface area contributed by atoms with Crippen LogP contribution in [0.3, 0.4) is 0 Å². The second kappa shape index (κ2) is 6.91. The molecule has 21 heavy (non-hydrogen) atoms. The summed E-state index contributed by atoms with van der Waals surface area (Å²) >= 11 is 1.62. The molecule has 0 bridgehead atoms. The zero-order valence-corrected chi connectivity index (χ0v) is 13.6. The summed E-state index contributed by atoms with van der Waals surface area (Å²) in [6.45, 7) is 7.08. The molecule has 1 aromatic heterocycles. The first-order valence-corrected chi connectivity index (χ1v) is 7.97. The van der Waals surface area contributed by atoms with Gasteiger partial charge in [0.15, 0.2) is 11.5 Å². The standard InChI is InChI=1S/C16H22N2O2S/c1-4-19-12-7-5-6-8-13(12)20-10-9-15-18-14(11-21-15)16(2,3)17/h5-8,11H,4,9-10,17H2,1-3H3. The Balaban J connectivity index is 1.91. The van der Waals surface area contributed by atoms with E-state index < -0.39 is 5.54 Å². The Bertz CT molecular complexity index is 576. The fraction of sp³-hybridized carbons (Fsp3) is 0.438. The first-order chi connectivity index (χ1) is 10.0. The predicted molar refractivity (Wildman–Crippen MR) is 86.1 cm³/mol. The van der Waals surface area contributed by atoms with Gasteiger partial charge in [-0.3, -0.25) is 0 Å². The van der Waals surface area contributed by atoms with Gasteiger partial charge in [0, 0.05) is 11.8 Å². The monoisotopic (exact) mass is 306 g/mol. The highest BCUT2D eigenvalue weighted by Gasteiger charge is 2.17. The molecule has 0 aliphatic carbocycles. The number of thiazole rings is 1. The van der Waals surface area contributed by atoms with Crippen molar-refractivity contribution in [2.24, 2.45) is 5.73 Å². The van der Waals surface area contributed by atoms with E-state index in [9.17, 15) is 0 Å². The van der Waals surface area contributed by atoms with Crippen LogP contribution in [0.5, 0.6) is 11.5 Å². The summed E-state index contributed by atoms with van der Waals surface area (Å²) in [4.78, 5) is 4.55. The molecule has 0 saturated heterocycles. The summed E-state index contributed by atoms with van der Waals surface area (Å²) in [5, 5.41) is 3.06. The number of nitrogens with zero attached hydrogens (tertiary/aromatic N) is 1. The fourth-order valence-corrected chi connectivity index (χ4v) is 2.77. The summed E-state index contributed by atoms with van der Waals surface area (Å²) in [5.41, 5.74) is 6.58. The highest BCUT2D eigenvalue weighted by Crippen LogP contribution is 2.26. The van der Waals surface area contributed by atoms with Gasteiger partial charge in [-0.2, -0.15) is 0 Å². The van der Waals surface area contributed by atoms with Gasteiger partial charge in [-0.25, -0.2) is 4.98 Å². The molecule has 2 N–H and O–H groups in total. The van der Waals surface area contributed by atoms with Gasteiger partial charge in [0.1, 0.15) is 0 Å². The van der Waals surface area contributed by atoms with E-state index in [1.165, 1.54) is 0 Å². The lowest BCUT2D eigenvalue weighted by atomic mass is 10.0. The highest BCUT2D eigenvalue weighted by atomic mass is 32.1. The van der Waals surface area contributed by atoms with Gasteiger partial charge in [0.2, 0.25) is 0 Å². The minimum atomic E-state index is -0.392. The first-order valence-electron chi connectivity index (χ1n) is 7.09. The fourth-order valence-electron chi connectivity index (χ4n) is 1.81. The van der Waals surface area contributed by atoms with Crippen molar-refractivity contribution in [3.63, 3.8) is 0 Å². The van der Waals surface area contributed by atoms with Crippen molar-refractivity contribution >= 4 is 11.3 Å². The molecular formula is C16H22N2O2S. The third-order valence-electron chi connectivity index (χ3n) is 2.93. The summed E-state index contributed by atoms with van der Waals surface area (Å²) in [6, 6.07) is 7.71. The van der Waals surface area contributed by atoms with Crippen LogP contribution in [0.2, 0.25) is 0 Å². The first kappa shape index (κ1) is 15.8. The molecule has 1 heterocycles. The average molecular weight is 306 g/mol. The van der Waals surface area contributed by atoms with Crippen molar-refractivity contribution < 1.29 is 9.47 Å². The van der Waals surface area contributed by atoms with E-state index in [1.54, 1.807) is 11.3 Å². The van der Waals surface area contributed by atoms with Crippen molar-refractivity contribution in [3.8, 4) is 11.5 Å². The zero-order valence-electron chi connectivity index (χ0n) is 12.8.